The van der Waals surface area contributed by atoms with Crippen LogP contribution in [0.25, 0.3) is 44.3 Å². The third-order valence-electron chi connectivity index (χ3n) is 10.6. The summed E-state index contributed by atoms with van der Waals surface area (Å²) >= 11 is 1.70. The molecule has 2 aliphatic heterocycles. The molecule has 4 heterocycles. The maximum atomic E-state index is 13.2. The van der Waals surface area contributed by atoms with Gasteiger partial charge in [-0.1, -0.05) is 51.1 Å². The Morgan fingerprint density at radius 2 is 1.61 bits per heavy atom. The van der Waals surface area contributed by atoms with Crippen LogP contribution in [-0.2, 0) is 24.4 Å². The molecular formula is C41H47N7O2S. The molecule has 2 aromatic heterocycles. The number of hydrogen-bond acceptors (Lipinski definition) is 9. The molecule has 1 fully saturated rings. The average molecular weight is 702 g/mol. The molecule has 2 aliphatic rings. The quantitative estimate of drug-likeness (QED) is 0.140. The number of carbonyl (C=O) groups is 1. The van der Waals surface area contributed by atoms with E-state index in [2.05, 4.69) is 85.7 Å². The molecule has 7 rings (SSSR count). The number of nitrogens with zero attached hydrogens (tertiary/aromatic N) is 7. The van der Waals surface area contributed by atoms with E-state index in [0.29, 0.717) is 42.2 Å². The van der Waals surface area contributed by atoms with E-state index in [1.54, 1.807) is 11.3 Å². The summed E-state index contributed by atoms with van der Waals surface area (Å²) in [6.45, 7) is 20.3. The first-order chi connectivity index (χ1) is 24.8. The number of thiazole rings is 1. The van der Waals surface area contributed by atoms with E-state index < -0.39 is 0 Å². The van der Waals surface area contributed by atoms with E-state index in [1.165, 1.54) is 4.88 Å². The van der Waals surface area contributed by atoms with Gasteiger partial charge in [0, 0.05) is 48.7 Å². The lowest BCUT2D eigenvalue weighted by molar-refractivity contribution is -0.133. The summed E-state index contributed by atoms with van der Waals surface area (Å²) in [6.07, 6.45) is 1.08. The lowest BCUT2D eigenvalue weighted by atomic mass is 9.91. The molecule has 5 aromatic rings. The van der Waals surface area contributed by atoms with E-state index in [1.807, 2.05) is 23.1 Å². The highest BCUT2D eigenvalue weighted by atomic mass is 32.1. The molecule has 0 spiro atoms. The number of likely N-dealkylation sites (N-methyl/N-ethyl adjacent to an activating group) is 1. The minimum absolute atomic E-state index is 0.193. The summed E-state index contributed by atoms with van der Waals surface area (Å²) in [5, 5.41) is 11.0. The number of piperazine rings is 1. The third kappa shape index (κ3) is 7.09. The Labute approximate surface area is 305 Å². The first-order valence-corrected chi connectivity index (χ1v) is 19.1. The van der Waals surface area contributed by atoms with E-state index in [4.69, 9.17) is 14.4 Å². The fourth-order valence-electron chi connectivity index (χ4n) is 7.51. The first-order valence-electron chi connectivity index (χ1n) is 18.3. The molecule has 0 radical (unpaired) electrons. The van der Waals surface area contributed by atoms with Crippen molar-refractivity contribution in [2.24, 2.45) is 0 Å². The minimum Gasteiger partial charge on any atom is -0.435 e. The lowest BCUT2D eigenvalue weighted by Crippen LogP contribution is -2.49. The van der Waals surface area contributed by atoms with Crippen molar-refractivity contribution in [2.75, 3.05) is 52.4 Å². The van der Waals surface area contributed by atoms with E-state index in [-0.39, 0.29) is 5.91 Å². The lowest BCUT2D eigenvalue weighted by Gasteiger charge is -2.34. The fourth-order valence-corrected chi connectivity index (χ4v) is 8.68. The number of nitriles is 1. The monoisotopic (exact) mass is 701 g/mol. The van der Waals surface area contributed by atoms with Crippen LogP contribution in [0.5, 0.6) is 0 Å². The van der Waals surface area contributed by atoms with Gasteiger partial charge in [-0.2, -0.15) is 5.26 Å². The molecule has 0 unspecified atom stereocenters. The maximum absolute atomic E-state index is 13.2. The number of rotatable bonds is 11. The Kier molecular flexibility index (Phi) is 10.3. The number of amides is 1. The topological polar surface area (TPSA) is 92.7 Å². The molecule has 10 heteroatoms. The molecule has 0 N–H and O–H groups in total. The zero-order valence-electron chi connectivity index (χ0n) is 30.5. The second kappa shape index (κ2) is 15.1. The molecule has 0 bridgehead atoms. The van der Waals surface area contributed by atoms with Crippen LogP contribution in [0.2, 0.25) is 0 Å². The van der Waals surface area contributed by atoms with Gasteiger partial charge in [-0.25, -0.2) is 9.97 Å². The zero-order chi connectivity index (χ0) is 35.6. The van der Waals surface area contributed by atoms with Gasteiger partial charge in [0.15, 0.2) is 5.58 Å². The van der Waals surface area contributed by atoms with Crippen molar-refractivity contribution in [3.8, 4) is 39.2 Å². The average Bonchev–Trinajstić information content (AvgIpc) is 3.86. The Bertz CT molecular complexity index is 2080. The van der Waals surface area contributed by atoms with Crippen LogP contribution in [-0.4, -0.2) is 87.8 Å². The maximum Gasteiger partial charge on any atom is 0.237 e. The normalized spacial score (nSPS) is 15.2. The fraction of sp³-hybridized carbons (Fsp3) is 0.415. The Balaban J connectivity index is 1.11. The van der Waals surface area contributed by atoms with Gasteiger partial charge in [0.25, 0.3) is 0 Å². The molecule has 0 saturated carbocycles. The second-order valence-corrected chi connectivity index (χ2v) is 14.9. The smallest absolute Gasteiger partial charge is 0.237 e. The van der Waals surface area contributed by atoms with Gasteiger partial charge >= 0.3 is 0 Å². The van der Waals surface area contributed by atoms with Crippen LogP contribution in [0, 0.1) is 25.2 Å². The standard InChI is InChI=1S/C41H47N7O2S/c1-6-15-46(8-3)23-29-20-30(22-42)39-35(21-29)43-40(50-39)33-13-9-11-31(27(33)4)32-12-10-14-34(28(32)5)41-44-36-24-48(25-37(36)51-41)38(49)26-47-18-16-45(7-2)17-19-47/h9-14,20-21H,6-8,15-19,23-26H2,1-5H3. The summed E-state index contributed by atoms with van der Waals surface area (Å²) in [6, 6.07) is 19.0. The summed E-state index contributed by atoms with van der Waals surface area (Å²) < 4.78 is 6.33. The minimum atomic E-state index is 0.193. The van der Waals surface area contributed by atoms with Crippen molar-refractivity contribution in [3.05, 3.63) is 81.4 Å². The van der Waals surface area contributed by atoms with Gasteiger partial charge in [0.05, 0.1) is 30.9 Å². The number of fused-ring (bicyclic) bond motifs is 2. The Morgan fingerprint density at radius 1 is 0.922 bits per heavy atom. The molecule has 51 heavy (non-hydrogen) atoms. The SMILES string of the molecule is CCCN(CC)Cc1cc(C#N)c2oc(-c3cccc(-c4cccc(-c5nc6c(s5)CN(C(=O)CN5CCN(CC)CC5)C6)c4C)c3C)nc2c1. The number of benzene rings is 3. The summed E-state index contributed by atoms with van der Waals surface area (Å²) in [5.74, 6) is 0.713. The number of aromatic nitrogens is 2. The van der Waals surface area contributed by atoms with Gasteiger partial charge in [-0.15, -0.1) is 11.3 Å². The third-order valence-corrected chi connectivity index (χ3v) is 11.7. The van der Waals surface area contributed by atoms with E-state index in [9.17, 15) is 10.1 Å². The molecule has 3 aromatic carbocycles. The number of oxazole rings is 1. The summed E-state index contributed by atoms with van der Waals surface area (Å²) in [5.41, 5.74) is 10.3. The highest BCUT2D eigenvalue weighted by Gasteiger charge is 2.30. The molecule has 264 valence electrons. The zero-order valence-corrected chi connectivity index (χ0v) is 31.3. The Hall–Kier alpha value is -4.40. The van der Waals surface area contributed by atoms with Crippen LogP contribution in [0.4, 0.5) is 0 Å². The van der Waals surface area contributed by atoms with Crippen molar-refractivity contribution in [3.63, 3.8) is 0 Å². The van der Waals surface area contributed by atoms with Crippen LogP contribution in [0.3, 0.4) is 0 Å². The van der Waals surface area contributed by atoms with Crippen molar-refractivity contribution in [2.45, 2.75) is 60.7 Å². The predicted octanol–water partition coefficient (Wildman–Crippen LogP) is 7.49. The molecule has 0 atom stereocenters. The van der Waals surface area contributed by atoms with E-state index in [0.717, 1.165) is 108 Å². The van der Waals surface area contributed by atoms with Crippen molar-refractivity contribution in [1.82, 2.24) is 29.6 Å². The van der Waals surface area contributed by atoms with Crippen molar-refractivity contribution in [1.29, 1.82) is 5.26 Å². The highest BCUT2D eigenvalue weighted by Crippen LogP contribution is 2.40. The van der Waals surface area contributed by atoms with Crippen LogP contribution < -0.4 is 0 Å². The van der Waals surface area contributed by atoms with Gasteiger partial charge in [-0.05, 0) is 85.9 Å². The van der Waals surface area contributed by atoms with Crippen molar-refractivity contribution < 1.29 is 9.21 Å². The van der Waals surface area contributed by atoms with Gasteiger partial charge in [0.1, 0.15) is 16.6 Å². The highest BCUT2D eigenvalue weighted by molar-refractivity contribution is 7.15. The van der Waals surface area contributed by atoms with Crippen LogP contribution in [0.1, 0.15) is 60.0 Å². The number of carbonyl (C=O) groups excluding carboxylic acids is 1. The van der Waals surface area contributed by atoms with E-state index >= 15 is 0 Å². The molecule has 0 aliphatic carbocycles. The van der Waals surface area contributed by atoms with Crippen LogP contribution >= 0.6 is 11.3 Å². The van der Waals surface area contributed by atoms with Gasteiger partial charge in [-0.3, -0.25) is 14.6 Å². The Morgan fingerprint density at radius 3 is 2.27 bits per heavy atom. The van der Waals surface area contributed by atoms with Crippen molar-refractivity contribution >= 4 is 28.3 Å². The summed E-state index contributed by atoms with van der Waals surface area (Å²) in [7, 11) is 0. The first kappa shape index (κ1) is 35.0. The second-order valence-electron chi connectivity index (χ2n) is 13.8. The predicted molar refractivity (Wildman–Crippen MR) is 204 cm³/mol. The molecular weight excluding hydrogens is 655 g/mol. The number of hydrogen-bond donors (Lipinski definition) is 0. The molecule has 1 amide bonds. The van der Waals surface area contributed by atoms with Gasteiger partial charge < -0.3 is 14.2 Å². The van der Waals surface area contributed by atoms with Crippen LogP contribution in [0.15, 0.2) is 52.9 Å². The largest absolute Gasteiger partial charge is 0.435 e. The molecule has 1 saturated heterocycles. The molecule has 9 nitrogen and oxygen atoms in total. The summed E-state index contributed by atoms with van der Waals surface area (Å²) in [4.78, 5) is 33.4. The van der Waals surface area contributed by atoms with Gasteiger partial charge in [0.2, 0.25) is 11.8 Å².